The lowest BCUT2D eigenvalue weighted by Gasteiger charge is -2.00. The quantitative estimate of drug-likeness (QED) is 0.753. The van der Waals surface area contributed by atoms with Gasteiger partial charge in [0.15, 0.2) is 16.1 Å². The van der Waals surface area contributed by atoms with Gasteiger partial charge in [-0.25, -0.2) is 0 Å². The van der Waals surface area contributed by atoms with E-state index < -0.39 is 0 Å². The number of hydrogen-bond acceptors (Lipinski definition) is 3. The van der Waals surface area contributed by atoms with Crippen molar-refractivity contribution in [3.05, 3.63) is 37.9 Å². The highest BCUT2D eigenvalue weighted by Crippen LogP contribution is 2.27. The van der Waals surface area contributed by atoms with Crippen molar-refractivity contribution < 1.29 is 4.42 Å². The van der Waals surface area contributed by atoms with Crippen LogP contribution in [0.4, 0.5) is 0 Å². The third-order valence-electron chi connectivity index (χ3n) is 1.74. The summed E-state index contributed by atoms with van der Waals surface area (Å²) in [5.41, 5.74) is 0.311. The van der Waals surface area contributed by atoms with Crippen molar-refractivity contribution in [3.8, 4) is 0 Å². The number of benzene rings is 1. The number of hydrogen-bond donors (Lipinski definition) is 1. The van der Waals surface area contributed by atoms with Gasteiger partial charge in [-0.1, -0.05) is 11.6 Å². The Morgan fingerprint density at radius 2 is 2.07 bits per heavy atom. The highest BCUT2D eigenvalue weighted by Gasteiger charge is 2.07. The molecule has 72 valence electrons. The molecule has 0 aliphatic rings. The lowest BCUT2D eigenvalue weighted by Crippen LogP contribution is -1.99. The van der Waals surface area contributed by atoms with E-state index in [9.17, 15) is 4.79 Å². The summed E-state index contributed by atoms with van der Waals surface area (Å²) in [6.07, 6.45) is 0. The summed E-state index contributed by atoms with van der Waals surface area (Å²) in [7, 11) is 0. The zero-order chi connectivity index (χ0) is 10.3. The molecule has 0 atom stereocenters. The van der Waals surface area contributed by atoms with Gasteiger partial charge in [-0.15, -0.1) is 12.6 Å². The Morgan fingerprint density at radius 3 is 2.79 bits per heavy atom. The molecule has 0 radical (unpaired) electrons. The number of fused-ring (bicyclic) bond motifs is 1. The second-order valence-electron chi connectivity index (χ2n) is 2.71. The van der Waals surface area contributed by atoms with Gasteiger partial charge < -0.3 is 4.42 Å². The molecule has 1 heterocycles. The number of thiol groups is 1. The van der Waals surface area contributed by atoms with Crippen LogP contribution < -0.4 is 5.43 Å². The molecule has 1 aromatic carbocycles. The van der Waals surface area contributed by atoms with Crippen LogP contribution in [0.1, 0.15) is 0 Å². The first-order valence-corrected chi connectivity index (χ1v) is 5.31. The van der Waals surface area contributed by atoms with E-state index in [4.69, 9.17) is 16.0 Å². The minimum absolute atomic E-state index is 0.153. The molecule has 14 heavy (non-hydrogen) atoms. The van der Waals surface area contributed by atoms with Crippen molar-refractivity contribution in [2.24, 2.45) is 0 Å². The second kappa shape index (κ2) is 3.61. The van der Waals surface area contributed by atoms with Crippen LogP contribution in [0.5, 0.6) is 0 Å². The van der Waals surface area contributed by atoms with Crippen LogP contribution in [-0.4, -0.2) is 0 Å². The fourth-order valence-corrected chi connectivity index (χ4v) is 2.27. The summed E-state index contributed by atoms with van der Waals surface area (Å²) in [6.45, 7) is 0. The molecule has 2 aromatic rings. The van der Waals surface area contributed by atoms with Crippen LogP contribution in [0.3, 0.4) is 0 Å². The molecule has 0 saturated heterocycles. The Kier molecular flexibility index (Phi) is 2.60. The molecular formula is C9H4BrClO2S. The monoisotopic (exact) mass is 290 g/mol. The summed E-state index contributed by atoms with van der Waals surface area (Å²) in [5.74, 6) is 0. The fourth-order valence-electron chi connectivity index (χ4n) is 1.17. The van der Waals surface area contributed by atoms with E-state index in [0.29, 0.717) is 20.5 Å². The van der Waals surface area contributed by atoms with Crippen molar-refractivity contribution in [1.82, 2.24) is 0 Å². The standard InChI is InChI=1S/C9H4BrClO2S/c10-6-2-4(11)1-5-7(12)3-8(14)13-9(5)6/h1-3,14H. The van der Waals surface area contributed by atoms with Crippen molar-refractivity contribution in [3.63, 3.8) is 0 Å². The van der Waals surface area contributed by atoms with Gasteiger partial charge in [0, 0.05) is 11.1 Å². The summed E-state index contributed by atoms with van der Waals surface area (Å²) in [5, 5.41) is 1.22. The third kappa shape index (κ3) is 1.69. The highest BCUT2D eigenvalue weighted by atomic mass is 79.9. The lowest BCUT2D eigenvalue weighted by molar-refractivity contribution is 0.500. The molecule has 1 aromatic heterocycles. The van der Waals surface area contributed by atoms with Crippen molar-refractivity contribution in [2.45, 2.75) is 5.09 Å². The first kappa shape index (κ1) is 10.1. The molecule has 0 aliphatic heterocycles. The average molecular weight is 292 g/mol. The molecule has 5 heteroatoms. The Balaban J connectivity index is 3.02. The predicted octanol–water partition coefficient (Wildman–Crippen LogP) is 3.50. The van der Waals surface area contributed by atoms with Crippen molar-refractivity contribution >= 4 is 51.1 Å². The van der Waals surface area contributed by atoms with Gasteiger partial charge in [-0.3, -0.25) is 4.79 Å². The van der Waals surface area contributed by atoms with Crippen LogP contribution in [-0.2, 0) is 0 Å². The Morgan fingerprint density at radius 1 is 1.36 bits per heavy atom. The predicted molar refractivity (Wildman–Crippen MR) is 62.4 cm³/mol. The normalized spacial score (nSPS) is 10.8. The van der Waals surface area contributed by atoms with Gasteiger partial charge in [-0.2, -0.15) is 0 Å². The maximum atomic E-state index is 11.5. The molecule has 0 fully saturated rings. The van der Waals surface area contributed by atoms with E-state index in [0.717, 1.165) is 0 Å². The van der Waals surface area contributed by atoms with E-state index in [1.165, 1.54) is 6.07 Å². The highest BCUT2D eigenvalue weighted by molar-refractivity contribution is 9.10. The van der Waals surface area contributed by atoms with Crippen LogP contribution in [0.25, 0.3) is 11.0 Å². The molecule has 0 amide bonds. The molecule has 2 nitrogen and oxygen atoms in total. The molecule has 0 spiro atoms. The molecule has 0 aliphatic carbocycles. The van der Waals surface area contributed by atoms with Gasteiger partial charge in [0.05, 0.1) is 9.86 Å². The smallest absolute Gasteiger partial charge is 0.193 e. The van der Waals surface area contributed by atoms with Crippen molar-refractivity contribution in [2.75, 3.05) is 0 Å². The zero-order valence-electron chi connectivity index (χ0n) is 6.75. The van der Waals surface area contributed by atoms with Crippen LogP contribution in [0.2, 0.25) is 5.02 Å². The Bertz CT molecular complexity index is 564. The molecule has 2 rings (SSSR count). The molecule has 0 unspecified atom stereocenters. The van der Waals surface area contributed by atoms with Gasteiger partial charge in [0.25, 0.3) is 0 Å². The first-order valence-electron chi connectivity index (χ1n) is 3.70. The lowest BCUT2D eigenvalue weighted by atomic mass is 10.2. The Hall–Kier alpha value is -0.450. The van der Waals surface area contributed by atoms with Crippen LogP contribution >= 0.6 is 40.2 Å². The molecular weight excluding hydrogens is 288 g/mol. The summed E-state index contributed by atoms with van der Waals surface area (Å²) < 4.78 is 5.93. The van der Waals surface area contributed by atoms with E-state index in [-0.39, 0.29) is 10.5 Å². The number of rotatable bonds is 0. The van der Waals surface area contributed by atoms with E-state index >= 15 is 0 Å². The van der Waals surface area contributed by atoms with E-state index in [2.05, 4.69) is 28.6 Å². The average Bonchev–Trinajstić information content (AvgIpc) is 2.07. The maximum absolute atomic E-state index is 11.5. The maximum Gasteiger partial charge on any atom is 0.193 e. The number of halogens is 2. The van der Waals surface area contributed by atoms with Gasteiger partial charge >= 0.3 is 0 Å². The summed E-state index contributed by atoms with van der Waals surface area (Å²) >= 11 is 13.1. The molecule has 0 saturated carbocycles. The zero-order valence-corrected chi connectivity index (χ0v) is 9.99. The third-order valence-corrected chi connectivity index (χ3v) is 2.76. The molecule has 0 N–H and O–H groups in total. The Labute approximate surface area is 98.4 Å². The summed E-state index contributed by atoms with van der Waals surface area (Å²) in [4.78, 5) is 11.5. The van der Waals surface area contributed by atoms with Gasteiger partial charge in [-0.05, 0) is 28.1 Å². The van der Waals surface area contributed by atoms with Crippen LogP contribution in [0, 0.1) is 0 Å². The van der Waals surface area contributed by atoms with Crippen molar-refractivity contribution in [1.29, 1.82) is 0 Å². The minimum Gasteiger partial charge on any atom is -0.449 e. The van der Waals surface area contributed by atoms with Crippen LogP contribution in [0.15, 0.2) is 37.0 Å². The molecule has 0 bridgehead atoms. The van der Waals surface area contributed by atoms with Gasteiger partial charge in [0.1, 0.15) is 0 Å². The topological polar surface area (TPSA) is 30.2 Å². The van der Waals surface area contributed by atoms with E-state index in [1.807, 2.05) is 0 Å². The minimum atomic E-state index is -0.153. The fraction of sp³-hybridized carbons (Fsp3) is 0. The largest absolute Gasteiger partial charge is 0.449 e. The van der Waals surface area contributed by atoms with Gasteiger partial charge in [0.2, 0.25) is 0 Å². The summed E-state index contributed by atoms with van der Waals surface area (Å²) in [6, 6.07) is 4.55. The van der Waals surface area contributed by atoms with E-state index in [1.54, 1.807) is 12.1 Å². The first-order chi connectivity index (χ1) is 6.58. The second-order valence-corrected chi connectivity index (χ2v) is 4.44. The SMILES string of the molecule is O=c1cc(S)oc2c(Br)cc(Cl)cc12.